The molecule has 5 aliphatic rings. The minimum absolute atomic E-state index is 0.0285. The van der Waals surface area contributed by atoms with Crippen LogP contribution in [0.2, 0.25) is 0 Å². The van der Waals surface area contributed by atoms with Crippen LogP contribution in [0.3, 0.4) is 0 Å². The van der Waals surface area contributed by atoms with Gasteiger partial charge in [-0.2, -0.15) is 0 Å². The van der Waals surface area contributed by atoms with Crippen molar-refractivity contribution < 1.29 is 171 Å². The van der Waals surface area contributed by atoms with E-state index in [0.29, 0.717) is 0 Å². The van der Waals surface area contributed by atoms with Crippen molar-refractivity contribution >= 4 is 77.6 Å². The summed E-state index contributed by atoms with van der Waals surface area (Å²) in [7, 11) is 1.17. The van der Waals surface area contributed by atoms with Crippen molar-refractivity contribution in [3.05, 3.63) is 179 Å². The molecule has 118 heavy (non-hydrogen) atoms. The van der Waals surface area contributed by atoms with E-state index in [1.165, 1.54) is 118 Å². The summed E-state index contributed by atoms with van der Waals surface area (Å²) in [6.45, 7) is 8.35. The van der Waals surface area contributed by atoms with Gasteiger partial charge in [0.15, 0.2) is 86.4 Å². The Balaban J connectivity index is 1.19. The van der Waals surface area contributed by atoms with Crippen LogP contribution in [0.4, 0.5) is 0 Å². The summed E-state index contributed by atoms with van der Waals surface area (Å²) in [5, 5.41) is 0. The van der Waals surface area contributed by atoms with Crippen LogP contribution >= 0.6 is 0 Å². The van der Waals surface area contributed by atoms with E-state index in [9.17, 15) is 52.7 Å². The SMILES string of the molecule is CO[C@@H]1O[C@H](COC(=O)c2ccccc2)[C@H](OC(=O)c2ccccc2)[C@H](O[C@@H]2O[C@@H](C)[C@H](O[C@H]3O[C@H](COC(C)=O)[C@@H](OC(C)=O)[C@H](O[C@H]4O[C@H](C)[C@H](OC(C)=O)C[C@H]4OC(C)=O)[C@@H]3O[C@H]3O[C@H](COC(C)=O)[C@H](OC(C)=O)[C@H](OC(C)=O)[C@H]3OC(C)=O)[C@@H](OC(=O)c3ccccc3)[C@H]2OC(=O)c2ccccc2)[C@H]1OC(=O)c1ccccc1. The van der Waals surface area contributed by atoms with Crippen LogP contribution in [-0.4, -0.2) is 252 Å². The van der Waals surface area contributed by atoms with E-state index in [-0.39, 0.29) is 34.2 Å². The van der Waals surface area contributed by atoms with Gasteiger partial charge in [0.05, 0.1) is 40.0 Å². The lowest BCUT2D eigenvalue weighted by Gasteiger charge is -2.52. The molecule has 36 nitrogen and oxygen atoms in total. The van der Waals surface area contributed by atoms with Gasteiger partial charge in [0.2, 0.25) is 0 Å². The van der Waals surface area contributed by atoms with Crippen molar-refractivity contribution in [3.63, 3.8) is 0 Å². The molecular formula is C82H90O36. The molecule has 0 aromatic heterocycles. The van der Waals surface area contributed by atoms with Gasteiger partial charge in [-0.15, -0.1) is 0 Å². The highest BCUT2D eigenvalue weighted by molar-refractivity contribution is 5.92. The molecule has 0 N–H and O–H groups in total. The fourth-order valence-electron chi connectivity index (χ4n) is 13.6. The Hall–Kier alpha value is -11.2. The summed E-state index contributed by atoms with van der Waals surface area (Å²) in [5.41, 5.74) is -0.281. The molecule has 5 aromatic carbocycles. The summed E-state index contributed by atoms with van der Waals surface area (Å²) >= 11 is 0. The second-order valence-corrected chi connectivity index (χ2v) is 27.5. The molecule has 0 aliphatic carbocycles. The summed E-state index contributed by atoms with van der Waals surface area (Å²) in [6, 6.07) is 37.4. The zero-order chi connectivity index (χ0) is 85.0. The summed E-state index contributed by atoms with van der Waals surface area (Å²) in [5.74, 6) is -13.2. The zero-order valence-electron chi connectivity index (χ0n) is 65.8. The van der Waals surface area contributed by atoms with Gasteiger partial charge in [-0.25, -0.2) is 24.0 Å². The van der Waals surface area contributed by atoms with E-state index in [0.717, 1.165) is 55.4 Å². The van der Waals surface area contributed by atoms with E-state index in [2.05, 4.69) is 0 Å². The van der Waals surface area contributed by atoms with Gasteiger partial charge < -0.3 is 109 Å². The first-order chi connectivity index (χ1) is 56.4. The standard InChI is InChI=1S/C82H90O36/c1-41-56(102-45(5)85)37-57(103-46(6)86)78(100-41)116-67-63(105-48(8)88)59(39-98-44(4)84)110-82(72(67)118-81-70(107-50(10)90)66(106-49(9)89)62(104-47(7)87)58(109-81)38-97-43(3)83)115-61-42(2)101-80(71(114-77(95)55-35-25-16-26-36-55)65(61)112-75(93)53-31-21-14-22-32-53)117-68-64(111-74(92)52-29-19-13-20-30-52)60(40-99-73(91)51-27-17-12-18-28-51)108-79(96-11)69(68)113-76(94)54-33-23-15-24-34-54/h12-36,41-42,56-72,78-82H,37-40H2,1-11H3/t41-,42+,56-,57-,58-,59-,60-,61+,62+,63-,64+,65-,66+,67+,68+,69-,70-,71-,72+,78-,79-,80+,81-,82-/m1/s1. The molecule has 0 spiro atoms. The maximum atomic E-state index is 15.3. The fourth-order valence-corrected chi connectivity index (χ4v) is 13.6. The van der Waals surface area contributed by atoms with Crippen molar-refractivity contribution in [1.82, 2.24) is 0 Å². The Labute approximate surface area is 675 Å². The highest BCUT2D eigenvalue weighted by Crippen LogP contribution is 2.42. The molecule has 0 saturated carbocycles. The van der Waals surface area contributed by atoms with Crippen molar-refractivity contribution in [2.75, 3.05) is 26.9 Å². The maximum Gasteiger partial charge on any atom is 0.338 e. The first-order valence-corrected chi connectivity index (χ1v) is 37.4. The average Bonchev–Trinajstić information content (AvgIpc) is 0.755. The third-order valence-electron chi connectivity index (χ3n) is 18.7. The van der Waals surface area contributed by atoms with Gasteiger partial charge >= 0.3 is 77.6 Å². The topological polar surface area (TPSA) is 434 Å². The van der Waals surface area contributed by atoms with E-state index >= 15 is 9.59 Å². The van der Waals surface area contributed by atoms with E-state index < -0.39 is 245 Å². The quantitative estimate of drug-likeness (QED) is 0.0392. The molecule has 24 atom stereocenters. The van der Waals surface area contributed by atoms with Gasteiger partial charge in [0.25, 0.3) is 0 Å². The second kappa shape index (κ2) is 41.8. The molecule has 5 heterocycles. The van der Waals surface area contributed by atoms with Crippen molar-refractivity contribution in [2.45, 2.75) is 223 Å². The highest BCUT2D eigenvalue weighted by atomic mass is 16.8. The monoisotopic (exact) mass is 1650 g/mol. The number of rotatable bonds is 30. The van der Waals surface area contributed by atoms with Crippen molar-refractivity contribution in [2.24, 2.45) is 0 Å². The second-order valence-electron chi connectivity index (χ2n) is 27.5. The van der Waals surface area contributed by atoms with Crippen LogP contribution in [0, 0.1) is 0 Å². The van der Waals surface area contributed by atoms with Crippen LogP contribution in [0.15, 0.2) is 152 Å². The lowest BCUT2D eigenvalue weighted by molar-refractivity contribution is -0.404. The van der Waals surface area contributed by atoms with Crippen LogP contribution < -0.4 is 0 Å². The molecule has 634 valence electrons. The number of methoxy groups -OCH3 is 1. The molecule has 5 saturated heterocycles. The lowest BCUT2D eigenvalue weighted by atomic mass is 9.94. The largest absolute Gasteiger partial charge is 0.463 e. The van der Waals surface area contributed by atoms with E-state index in [1.807, 2.05) is 0 Å². The predicted molar refractivity (Wildman–Crippen MR) is 392 cm³/mol. The summed E-state index contributed by atoms with van der Waals surface area (Å²) in [6.07, 6.45) is -46.2. The molecule has 10 rings (SSSR count). The molecule has 5 aliphatic heterocycles. The molecule has 5 aromatic rings. The number of carbonyl (C=O) groups excluding carboxylic acids is 13. The van der Waals surface area contributed by atoms with Crippen LogP contribution in [0.5, 0.6) is 0 Å². The number of hydrogen-bond acceptors (Lipinski definition) is 36. The van der Waals surface area contributed by atoms with Gasteiger partial charge in [0, 0.05) is 68.9 Å². The van der Waals surface area contributed by atoms with E-state index in [1.54, 1.807) is 54.6 Å². The molecule has 0 amide bonds. The molecule has 36 heteroatoms. The zero-order valence-corrected chi connectivity index (χ0v) is 65.8. The first-order valence-electron chi connectivity index (χ1n) is 37.4. The smallest absolute Gasteiger partial charge is 0.338 e. The Bertz CT molecular complexity index is 4290. The molecule has 5 fully saturated rings. The number of esters is 13. The van der Waals surface area contributed by atoms with Gasteiger partial charge in [-0.05, 0) is 74.5 Å². The third-order valence-corrected chi connectivity index (χ3v) is 18.7. The van der Waals surface area contributed by atoms with Crippen LogP contribution in [0.1, 0.15) is 127 Å². The third kappa shape index (κ3) is 23.8. The number of benzene rings is 5. The lowest BCUT2D eigenvalue weighted by Crippen LogP contribution is -2.70. The summed E-state index contributed by atoms with van der Waals surface area (Å²) in [4.78, 5) is 179. The Morgan fingerprint density at radius 3 is 0.966 bits per heavy atom. The van der Waals surface area contributed by atoms with Gasteiger partial charge in [-0.1, -0.05) is 91.0 Å². The maximum absolute atomic E-state index is 15.3. The fraction of sp³-hybridized carbons (Fsp3) is 0.476. The van der Waals surface area contributed by atoms with Crippen LogP contribution in [-0.2, 0) is 147 Å². The predicted octanol–water partition coefficient (Wildman–Crippen LogP) is 5.70. The molecule has 0 radical (unpaired) electrons. The van der Waals surface area contributed by atoms with Crippen molar-refractivity contribution in [3.8, 4) is 0 Å². The molecule has 0 unspecified atom stereocenters. The molecule has 0 bridgehead atoms. The number of hydrogen-bond donors (Lipinski definition) is 0. The Kier molecular flexibility index (Phi) is 31.6. The van der Waals surface area contributed by atoms with Crippen molar-refractivity contribution in [1.29, 1.82) is 0 Å². The van der Waals surface area contributed by atoms with Gasteiger partial charge in [0.1, 0.15) is 68.7 Å². The highest BCUT2D eigenvalue weighted by Gasteiger charge is 2.62. The minimum Gasteiger partial charge on any atom is -0.463 e. The normalized spacial score (nSPS) is 29.8. The Morgan fingerprint density at radius 2 is 0.542 bits per heavy atom. The first kappa shape index (κ1) is 89.2. The van der Waals surface area contributed by atoms with E-state index in [4.69, 9.17) is 109 Å². The Morgan fingerprint density at radius 1 is 0.263 bits per heavy atom. The number of carbonyl (C=O) groups is 13. The van der Waals surface area contributed by atoms with Gasteiger partial charge in [-0.3, -0.25) is 38.4 Å². The summed E-state index contributed by atoms with van der Waals surface area (Å²) < 4.78 is 145. The molecular weight excluding hydrogens is 1560 g/mol. The van der Waals surface area contributed by atoms with Crippen LogP contribution in [0.25, 0.3) is 0 Å². The average molecular weight is 1650 g/mol. The minimum atomic E-state index is -2.34. The number of ether oxygens (including phenoxy) is 23.